The molecule has 0 aliphatic heterocycles. The van der Waals surface area contributed by atoms with Crippen LogP contribution in [0.4, 0.5) is 11.6 Å². The van der Waals surface area contributed by atoms with Crippen LogP contribution in [0.5, 0.6) is 0 Å². The quantitative estimate of drug-likeness (QED) is 0.746. The molecule has 3 rings (SSSR count). The molecule has 0 atom stereocenters. The van der Waals surface area contributed by atoms with E-state index in [1.54, 1.807) is 6.20 Å². The van der Waals surface area contributed by atoms with Gasteiger partial charge in [-0.3, -0.25) is 0 Å². The zero-order chi connectivity index (χ0) is 12.5. The molecule has 0 aromatic carbocycles. The first-order valence-corrected chi connectivity index (χ1v) is 5.64. The molecular weight excluding hydrogens is 228 g/mol. The number of anilines is 2. The number of hydrogen-bond acceptors (Lipinski definition) is 5. The third kappa shape index (κ3) is 1.69. The average Bonchev–Trinajstić information content (AvgIpc) is 2.67. The van der Waals surface area contributed by atoms with Crippen LogP contribution in [0.3, 0.4) is 0 Å². The molecule has 3 aromatic rings. The molecule has 1 N–H and O–H groups in total. The highest BCUT2D eigenvalue weighted by Gasteiger charge is 2.13. The van der Waals surface area contributed by atoms with Gasteiger partial charge < -0.3 is 9.73 Å². The number of aromatic nitrogens is 3. The highest BCUT2D eigenvalue weighted by Crippen LogP contribution is 2.29. The van der Waals surface area contributed by atoms with Gasteiger partial charge in [0.1, 0.15) is 23.7 Å². The molecule has 0 saturated carbocycles. The number of fused-ring (bicyclic) bond motifs is 1. The molecule has 5 nitrogen and oxygen atoms in total. The fourth-order valence-electron chi connectivity index (χ4n) is 1.84. The zero-order valence-electron chi connectivity index (χ0n) is 10.1. The van der Waals surface area contributed by atoms with E-state index in [0.29, 0.717) is 11.5 Å². The summed E-state index contributed by atoms with van der Waals surface area (Å²) in [5.41, 5.74) is 1.64. The maximum Gasteiger partial charge on any atom is 0.231 e. The molecule has 0 unspecified atom stereocenters. The number of aryl methyl sites for hydroxylation is 2. The minimum atomic E-state index is 0.596. The van der Waals surface area contributed by atoms with E-state index in [2.05, 4.69) is 20.3 Å². The Labute approximate surface area is 104 Å². The van der Waals surface area contributed by atoms with Crippen molar-refractivity contribution in [2.24, 2.45) is 0 Å². The van der Waals surface area contributed by atoms with Gasteiger partial charge in [0.2, 0.25) is 5.71 Å². The predicted molar refractivity (Wildman–Crippen MR) is 68.8 cm³/mol. The van der Waals surface area contributed by atoms with Crippen molar-refractivity contribution in [3.63, 3.8) is 0 Å². The van der Waals surface area contributed by atoms with E-state index >= 15 is 0 Å². The summed E-state index contributed by atoms with van der Waals surface area (Å²) in [4.78, 5) is 12.6. The number of rotatable bonds is 2. The minimum Gasteiger partial charge on any atom is -0.443 e. The lowest BCUT2D eigenvalue weighted by atomic mass is 10.2. The normalized spacial score (nSPS) is 10.8. The van der Waals surface area contributed by atoms with Crippen LogP contribution in [0.25, 0.3) is 11.1 Å². The third-order valence-electron chi connectivity index (χ3n) is 2.88. The first-order chi connectivity index (χ1) is 8.75. The maximum absolute atomic E-state index is 5.57. The molecule has 0 fully saturated rings. The second-order valence-electron chi connectivity index (χ2n) is 4.03. The summed E-state index contributed by atoms with van der Waals surface area (Å²) in [7, 11) is 0. The van der Waals surface area contributed by atoms with Gasteiger partial charge >= 0.3 is 0 Å². The summed E-state index contributed by atoms with van der Waals surface area (Å²) >= 11 is 0. The van der Waals surface area contributed by atoms with Gasteiger partial charge in [-0.25, -0.2) is 15.0 Å². The lowest BCUT2D eigenvalue weighted by Crippen LogP contribution is -1.97. The van der Waals surface area contributed by atoms with Gasteiger partial charge in [0.15, 0.2) is 0 Å². The Morgan fingerprint density at radius 1 is 1.11 bits per heavy atom. The molecule has 0 radical (unpaired) electrons. The third-order valence-corrected chi connectivity index (χ3v) is 2.88. The van der Waals surface area contributed by atoms with Gasteiger partial charge in [0, 0.05) is 11.8 Å². The Balaban J connectivity index is 2.12. The van der Waals surface area contributed by atoms with Gasteiger partial charge in [0.25, 0.3) is 0 Å². The molecule has 0 spiro atoms. The van der Waals surface area contributed by atoms with Crippen LogP contribution in [0.2, 0.25) is 0 Å². The molecule has 90 valence electrons. The van der Waals surface area contributed by atoms with Gasteiger partial charge in [0.05, 0.1) is 5.39 Å². The molecule has 3 heterocycles. The van der Waals surface area contributed by atoms with E-state index in [1.807, 2.05) is 32.0 Å². The van der Waals surface area contributed by atoms with Crippen LogP contribution in [0.15, 0.2) is 35.1 Å². The van der Waals surface area contributed by atoms with Crippen molar-refractivity contribution in [3.8, 4) is 0 Å². The van der Waals surface area contributed by atoms with Crippen molar-refractivity contribution in [1.29, 1.82) is 0 Å². The van der Waals surface area contributed by atoms with E-state index < -0.39 is 0 Å². The molecule has 3 aromatic heterocycles. The largest absolute Gasteiger partial charge is 0.443 e. The maximum atomic E-state index is 5.57. The molecule has 0 aliphatic rings. The second-order valence-corrected chi connectivity index (χ2v) is 4.03. The van der Waals surface area contributed by atoms with Crippen LogP contribution in [-0.2, 0) is 0 Å². The van der Waals surface area contributed by atoms with E-state index in [1.165, 1.54) is 6.33 Å². The Kier molecular flexibility index (Phi) is 2.44. The van der Waals surface area contributed by atoms with E-state index in [4.69, 9.17) is 4.42 Å². The highest BCUT2D eigenvalue weighted by molar-refractivity contribution is 5.90. The van der Waals surface area contributed by atoms with E-state index in [9.17, 15) is 0 Å². The summed E-state index contributed by atoms with van der Waals surface area (Å²) < 4.78 is 5.57. The predicted octanol–water partition coefficient (Wildman–Crippen LogP) is 2.98. The standard InChI is InChI=1S/C13H12N4O/c1-8-9(2)18-13-11(8)12(15-7-16-13)17-10-5-3-4-6-14-10/h3-7H,1-2H3,(H,14,15,16,17). The van der Waals surface area contributed by atoms with Crippen molar-refractivity contribution >= 4 is 22.7 Å². The number of nitrogens with one attached hydrogen (secondary N) is 1. The van der Waals surface area contributed by atoms with Crippen molar-refractivity contribution in [3.05, 3.63) is 42.0 Å². The monoisotopic (exact) mass is 240 g/mol. The Bertz CT molecular complexity index is 691. The SMILES string of the molecule is Cc1oc2ncnc(Nc3ccccn3)c2c1C. The minimum absolute atomic E-state index is 0.596. The smallest absolute Gasteiger partial charge is 0.231 e. The topological polar surface area (TPSA) is 63.8 Å². The molecule has 0 aliphatic carbocycles. The molecule has 0 saturated heterocycles. The van der Waals surface area contributed by atoms with Gasteiger partial charge in [-0.15, -0.1) is 0 Å². The molecule has 18 heavy (non-hydrogen) atoms. The lowest BCUT2D eigenvalue weighted by Gasteiger charge is -2.04. The molecule has 5 heteroatoms. The lowest BCUT2D eigenvalue weighted by molar-refractivity contribution is 0.564. The van der Waals surface area contributed by atoms with Crippen LogP contribution < -0.4 is 5.32 Å². The van der Waals surface area contributed by atoms with Crippen LogP contribution in [-0.4, -0.2) is 15.0 Å². The van der Waals surface area contributed by atoms with Crippen LogP contribution in [0, 0.1) is 13.8 Å². The second kappa shape index (κ2) is 4.10. The van der Waals surface area contributed by atoms with Gasteiger partial charge in [-0.1, -0.05) is 6.07 Å². The first-order valence-electron chi connectivity index (χ1n) is 5.64. The van der Waals surface area contributed by atoms with Gasteiger partial charge in [-0.2, -0.15) is 0 Å². The Morgan fingerprint density at radius 2 is 2.00 bits per heavy atom. The summed E-state index contributed by atoms with van der Waals surface area (Å²) in [6.45, 7) is 3.91. The molecular formula is C13H12N4O. The number of furan rings is 1. The molecule has 0 bridgehead atoms. The highest BCUT2D eigenvalue weighted by atomic mass is 16.3. The van der Waals surface area contributed by atoms with E-state index in [-0.39, 0.29) is 0 Å². The fraction of sp³-hybridized carbons (Fsp3) is 0.154. The number of hydrogen-bond donors (Lipinski definition) is 1. The summed E-state index contributed by atoms with van der Waals surface area (Å²) in [6.07, 6.45) is 3.21. The first kappa shape index (κ1) is 10.7. The summed E-state index contributed by atoms with van der Waals surface area (Å²) in [5.74, 6) is 2.32. The fourth-order valence-corrected chi connectivity index (χ4v) is 1.84. The summed E-state index contributed by atoms with van der Waals surface area (Å²) in [6, 6.07) is 5.67. The van der Waals surface area contributed by atoms with Crippen molar-refractivity contribution in [2.75, 3.05) is 5.32 Å². The number of pyridine rings is 1. The number of nitrogens with zero attached hydrogens (tertiary/aromatic N) is 3. The Hall–Kier alpha value is -2.43. The Morgan fingerprint density at radius 3 is 2.78 bits per heavy atom. The molecule has 0 amide bonds. The van der Waals surface area contributed by atoms with Gasteiger partial charge in [-0.05, 0) is 26.0 Å². The van der Waals surface area contributed by atoms with E-state index in [0.717, 1.165) is 22.5 Å². The van der Waals surface area contributed by atoms with Crippen molar-refractivity contribution < 1.29 is 4.42 Å². The zero-order valence-corrected chi connectivity index (χ0v) is 10.1. The average molecular weight is 240 g/mol. The summed E-state index contributed by atoms with van der Waals surface area (Å²) in [5, 5.41) is 4.08. The van der Waals surface area contributed by atoms with Crippen LogP contribution in [0.1, 0.15) is 11.3 Å². The van der Waals surface area contributed by atoms with Crippen molar-refractivity contribution in [1.82, 2.24) is 15.0 Å². The van der Waals surface area contributed by atoms with Crippen LogP contribution >= 0.6 is 0 Å². The van der Waals surface area contributed by atoms with Crippen molar-refractivity contribution in [2.45, 2.75) is 13.8 Å².